The Labute approximate surface area is 122 Å². The Bertz CT molecular complexity index is 505. The Balaban J connectivity index is 0.000000399. The molecule has 0 aliphatic heterocycles. The van der Waals surface area contributed by atoms with Crippen LogP contribution in [-0.2, 0) is 21.9 Å². The van der Waals surface area contributed by atoms with Crippen molar-refractivity contribution < 1.29 is 21.9 Å². The number of benzene rings is 2. The molecule has 0 bridgehead atoms. The van der Waals surface area contributed by atoms with Crippen molar-refractivity contribution in [1.29, 1.82) is 0 Å². The molecule has 0 aliphatic rings. The summed E-state index contributed by atoms with van der Waals surface area (Å²) in [5.41, 5.74) is 2.61. The third kappa shape index (κ3) is 8.27. The van der Waals surface area contributed by atoms with Crippen LogP contribution in [0.15, 0.2) is 60.7 Å². The average Bonchev–Trinajstić information content (AvgIpc) is 2.41. The van der Waals surface area contributed by atoms with Gasteiger partial charge >= 0.3 is 97.8 Å². The van der Waals surface area contributed by atoms with Gasteiger partial charge in [0.05, 0.1) is 0 Å². The van der Waals surface area contributed by atoms with E-state index in [4.69, 9.17) is 0 Å². The zero-order valence-corrected chi connectivity index (χ0v) is 12.7. The van der Waals surface area contributed by atoms with Gasteiger partial charge in [0.2, 0.25) is 0 Å². The number of carbonyl (C=O) groups excluding carboxylic acids is 1. The number of Topliss-reactive ketones (excluding diaryl/α,β-unsaturated/α-hetero) is 1. The summed E-state index contributed by atoms with van der Waals surface area (Å²) in [6.07, 6.45) is 0. The molecule has 2 aromatic rings. The van der Waals surface area contributed by atoms with Crippen LogP contribution >= 0.6 is 0 Å². The molecule has 2 rings (SSSR count). The second-order valence-corrected chi connectivity index (χ2v) is 5.43. The van der Waals surface area contributed by atoms with E-state index in [1.807, 2.05) is 12.1 Å². The van der Waals surface area contributed by atoms with Crippen LogP contribution in [-0.4, -0.2) is 14.8 Å². The summed E-state index contributed by atoms with van der Waals surface area (Å²) in [7, 11) is 0. The summed E-state index contributed by atoms with van der Waals surface area (Å²) < 4.78 is 4.56. The zero-order valence-electron chi connectivity index (χ0n) is 11.2. The van der Waals surface area contributed by atoms with E-state index < -0.39 is 0 Å². The van der Waals surface area contributed by atoms with E-state index in [2.05, 4.69) is 57.5 Å². The minimum absolute atomic E-state index is 0.167. The molecule has 0 unspecified atom stereocenters. The van der Waals surface area contributed by atoms with Crippen molar-refractivity contribution in [1.82, 2.24) is 0 Å². The molecule has 2 heteroatoms. The Morgan fingerprint density at radius 1 is 0.789 bits per heavy atom. The quantitative estimate of drug-likeness (QED) is 0.763. The molecule has 0 atom stereocenters. The van der Waals surface area contributed by atoms with Crippen molar-refractivity contribution in [2.45, 2.75) is 13.8 Å². The molecule has 0 fully saturated rings. The van der Waals surface area contributed by atoms with Gasteiger partial charge in [0.1, 0.15) is 5.78 Å². The first-order valence-corrected chi connectivity index (χ1v) is 7.76. The zero-order chi connectivity index (χ0) is 13.9. The fourth-order valence-corrected chi connectivity index (χ4v) is 2.50. The normalized spacial score (nSPS) is 9.16. The van der Waals surface area contributed by atoms with Gasteiger partial charge in [-0.1, -0.05) is 0 Å². The molecule has 102 valence electrons. The van der Waals surface area contributed by atoms with Crippen LogP contribution in [0.4, 0.5) is 0 Å². The third-order valence-electron chi connectivity index (χ3n) is 1.92. The molecule has 0 aromatic heterocycles. The van der Waals surface area contributed by atoms with Crippen LogP contribution in [0.25, 0.3) is 0 Å². The van der Waals surface area contributed by atoms with Crippen molar-refractivity contribution in [2.24, 2.45) is 0 Å². The number of hydrogen-bond acceptors (Lipinski definition) is 1. The van der Waals surface area contributed by atoms with Gasteiger partial charge in [0, 0.05) is 0 Å². The Morgan fingerprint density at radius 2 is 1.11 bits per heavy atom. The van der Waals surface area contributed by atoms with E-state index in [0.29, 0.717) is 17.1 Å². The van der Waals surface area contributed by atoms with Crippen LogP contribution < -0.4 is 0 Å². The molecule has 0 N–H and O–H groups in total. The van der Waals surface area contributed by atoms with Crippen LogP contribution in [0.5, 0.6) is 0 Å². The van der Waals surface area contributed by atoms with E-state index in [-0.39, 0.29) is 5.78 Å². The van der Waals surface area contributed by atoms with Crippen molar-refractivity contribution in [3.63, 3.8) is 0 Å². The Hall–Kier alpha value is -1.49. The van der Waals surface area contributed by atoms with Crippen LogP contribution in [0.3, 0.4) is 0 Å². The number of carbonyl (C=O) groups is 1. The fourth-order valence-electron chi connectivity index (χ4n) is 1.18. The molecule has 19 heavy (non-hydrogen) atoms. The van der Waals surface area contributed by atoms with Gasteiger partial charge in [-0.3, -0.25) is 0 Å². The maximum atomic E-state index is 9.44. The first-order valence-electron chi connectivity index (χ1n) is 5.97. The van der Waals surface area contributed by atoms with Crippen LogP contribution in [0.1, 0.15) is 25.0 Å². The van der Waals surface area contributed by atoms with E-state index in [1.165, 1.54) is 25.0 Å². The molecule has 0 saturated carbocycles. The molecular weight excluding hydrogens is 327 g/mol. The first-order chi connectivity index (χ1) is 9.18. The van der Waals surface area contributed by atoms with E-state index in [9.17, 15) is 4.79 Å². The summed E-state index contributed by atoms with van der Waals surface area (Å²) in [6, 6.07) is 20.9. The van der Waals surface area contributed by atoms with Crippen molar-refractivity contribution in [3.05, 3.63) is 71.8 Å². The van der Waals surface area contributed by atoms with Gasteiger partial charge in [-0.25, -0.2) is 0 Å². The van der Waals surface area contributed by atoms with Gasteiger partial charge in [-0.15, -0.1) is 0 Å². The van der Waals surface area contributed by atoms with Crippen molar-refractivity contribution in [3.8, 4) is 0 Å². The molecule has 0 amide bonds. The molecule has 0 aliphatic carbocycles. The fraction of sp³-hybridized carbons (Fsp3) is 0.118. The molecule has 0 saturated heterocycles. The number of ketones is 1. The predicted molar refractivity (Wildman–Crippen MR) is 79.6 cm³/mol. The van der Waals surface area contributed by atoms with Gasteiger partial charge in [0.15, 0.2) is 0 Å². The second kappa shape index (κ2) is 9.44. The molecule has 1 nitrogen and oxygen atoms in total. The van der Waals surface area contributed by atoms with Gasteiger partial charge < -0.3 is 4.79 Å². The number of hydrogen-bond donors (Lipinski definition) is 0. The molecule has 0 heterocycles. The molecule has 0 spiro atoms. The van der Waals surface area contributed by atoms with Crippen LogP contribution in [0, 0.1) is 0 Å². The average molecular weight is 345 g/mol. The number of rotatable bonds is 2. The van der Waals surface area contributed by atoms with Crippen molar-refractivity contribution in [2.75, 3.05) is 0 Å². The van der Waals surface area contributed by atoms with Gasteiger partial charge in [-0.05, 0) is 13.8 Å². The topological polar surface area (TPSA) is 17.1 Å². The van der Waals surface area contributed by atoms with Crippen molar-refractivity contribution >= 4 is 14.8 Å². The predicted octanol–water partition coefficient (Wildman–Crippen LogP) is 3.37. The third-order valence-corrected chi connectivity index (χ3v) is 3.47. The van der Waals surface area contributed by atoms with Gasteiger partial charge in [-0.2, -0.15) is 0 Å². The SMILES string of the molecule is CC(C)=O.[CH](=[Pd]=[CH]c1ccccc1)c1ccccc1. The standard InChI is InChI=1S/2C7H6.C3H6O.Pd/c2*1-7-5-3-2-4-6-7;1-3(2)4;/h2*1-6H;1-2H3;. The summed E-state index contributed by atoms with van der Waals surface area (Å²) in [4.78, 5) is 9.44. The van der Waals surface area contributed by atoms with E-state index in [1.54, 1.807) is 0 Å². The minimum atomic E-state index is 0.167. The summed E-state index contributed by atoms with van der Waals surface area (Å²) in [5.74, 6) is 0.167. The Kier molecular flexibility index (Phi) is 7.74. The van der Waals surface area contributed by atoms with Gasteiger partial charge in [0.25, 0.3) is 0 Å². The maximum absolute atomic E-state index is 9.44. The van der Waals surface area contributed by atoms with E-state index >= 15 is 0 Å². The molecule has 2 aromatic carbocycles. The molecular formula is C17H18OPd. The monoisotopic (exact) mass is 344 g/mol. The van der Waals surface area contributed by atoms with Crippen LogP contribution in [0.2, 0.25) is 0 Å². The summed E-state index contributed by atoms with van der Waals surface area (Å²) >= 11 is 0.543. The van der Waals surface area contributed by atoms with E-state index in [0.717, 1.165) is 0 Å². The first kappa shape index (κ1) is 15.6. The Morgan fingerprint density at radius 3 is 1.42 bits per heavy atom. The molecule has 0 radical (unpaired) electrons. The second-order valence-electron chi connectivity index (χ2n) is 4.02. The summed E-state index contributed by atoms with van der Waals surface area (Å²) in [6.45, 7) is 3.06. The summed E-state index contributed by atoms with van der Waals surface area (Å²) in [5, 5.41) is 0.